The second-order valence-corrected chi connectivity index (χ2v) is 6.71. The van der Waals surface area contributed by atoms with E-state index in [0.29, 0.717) is 44.3 Å². The fourth-order valence-corrected chi connectivity index (χ4v) is 3.52. The Balaban J connectivity index is 1.88. The van der Waals surface area contributed by atoms with Crippen LogP contribution in [0.1, 0.15) is 31.0 Å². The third-order valence-corrected chi connectivity index (χ3v) is 5.08. The lowest BCUT2D eigenvalue weighted by Gasteiger charge is -2.35. The number of nitrogens with zero attached hydrogens (tertiary/aromatic N) is 3. The molecule has 0 N–H and O–H groups in total. The maximum atomic E-state index is 11.8. The number of rotatable bonds is 7. The number of hydrogen-bond donors (Lipinski definition) is 0. The first-order valence-electron chi connectivity index (χ1n) is 6.36. The van der Waals surface area contributed by atoms with E-state index in [1.54, 1.807) is 7.11 Å². The van der Waals surface area contributed by atoms with E-state index in [0.717, 1.165) is 0 Å². The molecular formula is C11H19N3O4S. The molecule has 0 aliphatic carbocycles. The Hall–Kier alpha value is -0.990. The van der Waals surface area contributed by atoms with Gasteiger partial charge in [-0.05, 0) is 6.42 Å². The van der Waals surface area contributed by atoms with Gasteiger partial charge in [-0.15, -0.1) is 0 Å². The molecule has 1 fully saturated rings. The van der Waals surface area contributed by atoms with E-state index in [1.165, 1.54) is 4.31 Å². The standard InChI is InChI=1S/C11H19N3O4S/c1-3-6-19(15,16)14-7-9(8-14)11-12-10(13-18-11)4-5-17-2/h9H,3-8H2,1-2H3. The molecule has 0 amide bonds. The Kier molecular flexibility index (Phi) is 4.54. The molecule has 1 aromatic rings. The van der Waals surface area contributed by atoms with E-state index in [-0.39, 0.29) is 11.7 Å². The van der Waals surface area contributed by atoms with E-state index >= 15 is 0 Å². The molecular weight excluding hydrogens is 270 g/mol. The Morgan fingerprint density at radius 1 is 1.47 bits per heavy atom. The van der Waals surface area contributed by atoms with Gasteiger partial charge in [-0.3, -0.25) is 0 Å². The minimum atomic E-state index is -3.10. The molecule has 1 aliphatic rings. The molecule has 1 saturated heterocycles. The molecule has 0 atom stereocenters. The predicted molar refractivity (Wildman–Crippen MR) is 68.3 cm³/mol. The van der Waals surface area contributed by atoms with Gasteiger partial charge in [-0.25, -0.2) is 12.7 Å². The van der Waals surface area contributed by atoms with Crippen molar-refractivity contribution < 1.29 is 17.7 Å². The fourth-order valence-electron chi connectivity index (χ4n) is 1.94. The van der Waals surface area contributed by atoms with Crippen molar-refractivity contribution in [2.45, 2.75) is 25.7 Å². The monoisotopic (exact) mass is 289 g/mol. The number of aromatic nitrogens is 2. The summed E-state index contributed by atoms with van der Waals surface area (Å²) >= 11 is 0. The first-order valence-corrected chi connectivity index (χ1v) is 7.97. The summed E-state index contributed by atoms with van der Waals surface area (Å²) in [7, 11) is -1.48. The molecule has 7 nitrogen and oxygen atoms in total. The molecule has 2 rings (SSSR count). The third kappa shape index (κ3) is 3.31. The van der Waals surface area contributed by atoms with Crippen LogP contribution in [0, 0.1) is 0 Å². The van der Waals surface area contributed by atoms with Crippen LogP contribution in [-0.4, -0.2) is 55.4 Å². The lowest BCUT2D eigenvalue weighted by Crippen LogP contribution is -2.49. The topological polar surface area (TPSA) is 85.5 Å². The summed E-state index contributed by atoms with van der Waals surface area (Å²) in [4.78, 5) is 4.25. The molecule has 0 spiro atoms. The van der Waals surface area contributed by atoms with E-state index in [1.807, 2.05) is 6.92 Å². The summed E-state index contributed by atoms with van der Waals surface area (Å²) in [5, 5.41) is 3.85. The number of methoxy groups -OCH3 is 1. The van der Waals surface area contributed by atoms with Gasteiger partial charge in [-0.2, -0.15) is 4.98 Å². The van der Waals surface area contributed by atoms with Crippen LogP contribution in [0.2, 0.25) is 0 Å². The average Bonchev–Trinajstić information content (AvgIpc) is 2.72. The lowest BCUT2D eigenvalue weighted by atomic mass is 10.0. The van der Waals surface area contributed by atoms with Crippen LogP contribution in [0.15, 0.2) is 4.52 Å². The van der Waals surface area contributed by atoms with Crippen molar-refractivity contribution in [3.05, 3.63) is 11.7 Å². The quantitative estimate of drug-likeness (QED) is 0.722. The molecule has 0 aromatic carbocycles. The van der Waals surface area contributed by atoms with Gasteiger partial charge < -0.3 is 9.26 Å². The average molecular weight is 289 g/mol. The largest absolute Gasteiger partial charge is 0.384 e. The number of ether oxygens (including phenoxy) is 1. The predicted octanol–water partition coefficient (Wildman–Crippen LogP) is 0.397. The van der Waals surface area contributed by atoms with Crippen LogP contribution in [-0.2, 0) is 21.2 Å². The summed E-state index contributed by atoms with van der Waals surface area (Å²) in [6, 6.07) is 0. The second kappa shape index (κ2) is 5.98. The Morgan fingerprint density at radius 2 is 2.21 bits per heavy atom. The van der Waals surface area contributed by atoms with Gasteiger partial charge in [0.05, 0.1) is 18.3 Å². The van der Waals surface area contributed by atoms with Gasteiger partial charge in [0.25, 0.3) is 0 Å². The first kappa shape index (κ1) is 14.4. The first-order chi connectivity index (χ1) is 9.06. The molecule has 19 heavy (non-hydrogen) atoms. The highest BCUT2D eigenvalue weighted by atomic mass is 32.2. The van der Waals surface area contributed by atoms with Crippen LogP contribution < -0.4 is 0 Å². The summed E-state index contributed by atoms with van der Waals surface area (Å²) in [6.07, 6.45) is 1.23. The molecule has 8 heteroatoms. The summed E-state index contributed by atoms with van der Waals surface area (Å²) in [5.41, 5.74) is 0. The second-order valence-electron chi connectivity index (χ2n) is 4.62. The van der Waals surface area contributed by atoms with E-state index in [9.17, 15) is 8.42 Å². The van der Waals surface area contributed by atoms with E-state index < -0.39 is 10.0 Å². The Morgan fingerprint density at radius 3 is 2.84 bits per heavy atom. The van der Waals surface area contributed by atoms with Crippen LogP contribution in [0.4, 0.5) is 0 Å². The van der Waals surface area contributed by atoms with Crippen molar-refractivity contribution in [2.24, 2.45) is 0 Å². The molecule has 2 heterocycles. The van der Waals surface area contributed by atoms with Crippen molar-refractivity contribution in [2.75, 3.05) is 32.6 Å². The van der Waals surface area contributed by atoms with Crippen LogP contribution >= 0.6 is 0 Å². The van der Waals surface area contributed by atoms with Gasteiger partial charge in [0, 0.05) is 26.6 Å². The minimum Gasteiger partial charge on any atom is -0.384 e. The molecule has 108 valence electrons. The Bertz CT molecular complexity index is 508. The molecule has 1 aliphatic heterocycles. The smallest absolute Gasteiger partial charge is 0.232 e. The highest BCUT2D eigenvalue weighted by molar-refractivity contribution is 7.89. The highest BCUT2D eigenvalue weighted by Gasteiger charge is 2.38. The molecule has 0 radical (unpaired) electrons. The van der Waals surface area contributed by atoms with E-state index in [4.69, 9.17) is 9.26 Å². The SMILES string of the molecule is CCCS(=O)(=O)N1CC(c2nc(CCOC)no2)C1. The van der Waals surface area contributed by atoms with Gasteiger partial charge >= 0.3 is 0 Å². The van der Waals surface area contributed by atoms with Gasteiger partial charge in [0.1, 0.15) is 0 Å². The van der Waals surface area contributed by atoms with Crippen molar-refractivity contribution in [1.29, 1.82) is 0 Å². The maximum Gasteiger partial charge on any atom is 0.232 e. The zero-order valence-electron chi connectivity index (χ0n) is 11.2. The van der Waals surface area contributed by atoms with Crippen molar-refractivity contribution >= 4 is 10.0 Å². The Labute approximate surface area is 113 Å². The van der Waals surface area contributed by atoms with Gasteiger partial charge in [0.2, 0.25) is 15.9 Å². The maximum absolute atomic E-state index is 11.8. The van der Waals surface area contributed by atoms with Crippen molar-refractivity contribution in [3.8, 4) is 0 Å². The van der Waals surface area contributed by atoms with Gasteiger partial charge in [-0.1, -0.05) is 12.1 Å². The molecule has 1 aromatic heterocycles. The summed E-state index contributed by atoms with van der Waals surface area (Å²) < 4.78 is 35.1. The van der Waals surface area contributed by atoms with Crippen molar-refractivity contribution in [1.82, 2.24) is 14.4 Å². The fraction of sp³-hybridized carbons (Fsp3) is 0.818. The zero-order chi connectivity index (χ0) is 13.9. The number of hydrogen-bond acceptors (Lipinski definition) is 6. The minimum absolute atomic E-state index is 0.0235. The molecule has 0 bridgehead atoms. The highest BCUT2D eigenvalue weighted by Crippen LogP contribution is 2.28. The van der Waals surface area contributed by atoms with E-state index in [2.05, 4.69) is 10.1 Å². The van der Waals surface area contributed by atoms with Gasteiger partial charge in [0.15, 0.2) is 5.82 Å². The molecule has 0 unspecified atom stereocenters. The van der Waals surface area contributed by atoms with Crippen LogP contribution in [0.5, 0.6) is 0 Å². The number of sulfonamides is 1. The zero-order valence-corrected chi connectivity index (χ0v) is 12.0. The normalized spacial score (nSPS) is 17.6. The summed E-state index contributed by atoms with van der Waals surface area (Å²) in [5.74, 6) is 1.35. The van der Waals surface area contributed by atoms with Crippen molar-refractivity contribution in [3.63, 3.8) is 0 Å². The van der Waals surface area contributed by atoms with Crippen LogP contribution in [0.3, 0.4) is 0 Å². The lowest BCUT2D eigenvalue weighted by molar-refractivity contribution is 0.199. The van der Waals surface area contributed by atoms with Crippen LogP contribution in [0.25, 0.3) is 0 Å². The summed E-state index contributed by atoms with van der Waals surface area (Å²) in [6.45, 7) is 3.28. The molecule has 0 saturated carbocycles. The third-order valence-electron chi connectivity index (χ3n) is 3.07.